The molecule has 1 rings (SSSR count). The Morgan fingerprint density at radius 2 is 1.52 bits per heavy atom. The minimum absolute atomic E-state index is 0.211. The van der Waals surface area contributed by atoms with Crippen LogP contribution >= 0.6 is 0 Å². The summed E-state index contributed by atoms with van der Waals surface area (Å²) < 4.78 is 10.2. The van der Waals surface area contributed by atoms with Crippen molar-refractivity contribution in [2.75, 3.05) is 18.9 Å². The summed E-state index contributed by atoms with van der Waals surface area (Å²) in [5.74, 6) is -0.419. The first kappa shape index (κ1) is 17.0. The van der Waals surface area contributed by atoms with E-state index in [4.69, 9.17) is 15.2 Å². The molecule has 116 valence electrons. The van der Waals surface area contributed by atoms with Gasteiger partial charge in [0.15, 0.2) is 0 Å². The third-order valence-electron chi connectivity index (χ3n) is 2.60. The van der Waals surface area contributed by atoms with Gasteiger partial charge >= 0.3 is 11.9 Å². The van der Waals surface area contributed by atoms with Crippen molar-refractivity contribution in [2.24, 2.45) is 11.8 Å². The summed E-state index contributed by atoms with van der Waals surface area (Å²) in [6.07, 6.45) is 0. The maximum Gasteiger partial charge on any atom is 0.340 e. The summed E-state index contributed by atoms with van der Waals surface area (Å²) >= 11 is 0. The second-order valence-electron chi connectivity index (χ2n) is 5.79. The van der Waals surface area contributed by atoms with Crippen LogP contribution in [0.25, 0.3) is 0 Å². The molecule has 0 saturated heterocycles. The first-order valence-corrected chi connectivity index (χ1v) is 7.05. The standard InChI is InChI=1S/C16H23NO4/c1-10(2)8-20-15(18)12-5-6-13(14(17)7-12)16(19)21-9-11(3)4/h5-7,10-11H,8-9,17H2,1-4H3. The van der Waals surface area contributed by atoms with Crippen molar-refractivity contribution in [1.82, 2.24) is 0 Å². The Hall–Kier alpha value is -2.04. The number of ether oxygens (including phenoxy) is 2. The van der Waals surface area contributed by atoms with Crippen molar-refractivity contribution < 1.29 is 19.1 Å². The molecule has 0 unspecified atom stereocenters. The van der Waals surface area contributed by atoms with E-state index < -0.39 is 11.9 Å². The molecule has 0 spiro atoms. The maximum atomic E-state index is 11.8. The lowest BCUT2D eigenvalue weighted by Gasteiger charge is -2.11. The zero-order valence-corrected chi connectivity index (χ0v) is 13.0. The van der Waals surface area contributed by atoms with Crippen LogP contribution in [-0.2, 0) is 9.47 Å². The second-order valence-corrected chi connectivity index (χ2v) is 5.79. The average molecular weight is 293 g/mol. The third kappa shape index (κ3) is 5.45. The van der Waals surface area contributed by atoms with Gasteiger partial charge in [-0.2, -0.15) is 0 Å². The van der Waals surface area contributed by atoms with Crippen molar-refractivity contribution in [3.8, 4) is 0 Å². The van der Waals surface area contributed by atoms with Gasteiger partial charge in [-0.15, -0.1) is 0 Å². The molecule has 0 aromatic heterocycles. The van der Waals surface area contributed by atoms with Gasteiger partial charge in [-0.1, -0.05) is 27.7 Å². The average Bonchev–Trinajstić information content (AvgIpc) is 2.41. The van der Waals surface area contributed by atoms with Gasteiger partial charge in [0.1, 0.15) is 0 Å². The van der Waals surface area contributed by atoms with Crippen LogP contribution in [0.4, 0.5) is 5.69 Å². The fraction of sp³-hybridized carbons (Fsp3) is 0.500. The predicted octanol–water partition coefficient (Wildman–Crippen LogP) is 2.89. The molecule has 0 bridgehead atoms. The first-order chi connectivity index (χ1) is 9.81. The summed E-state index contributed by atoms with van der Waals surface area (Å²) in [5.41, 5.74) is 6.61. The van der Waals surface area contributed by atoms with Crippen LogP contribution in [0.5, 0.6) is 0 Å². The number of hydrogen-bond donors (Lipinski definition) is 1. The Morgan fingerprint density at radius 1 is 1.00 bits per heavy atom. The van der Waals surface area contributed by atoms with Crippen molar-refractivity contribution in [3.63, 3.8) is 0 Å². The quantitative estimate of drug-likeness (QED) is 0.644. The topological polar surface area (TPSA) is 78.6 Å². The number of nitrogens with two attached hydrogens (primary N) is 1. The number of carbonyl (C=O) groups excluding carboxylic acids is 2. The molecule has 0 amide bonds. The van der Waals surface area contributed by atoms with Gasteiger partial charge in [-0.25, -0.2) is 9.59 Å². The first-order valence-electron chi connectivity index (χ1n) is 7.05. The summed E-state index contributed by atoms with van der Waals surface area (Å²) in [6, 6.07) is 4.45. The molecule has 0 heterocycles. The molecule has 5 nitrogen and oxygen atoms in total. The zero-order valence-electron chi connectivity index (χ0n) is 13.0. The molecule has 1 aromatic rings. The number of carbonyl (C=O) groups is 2. The number of rotatable bonds is 6. The van der Waals surface area contributed by atoms with E-state index in [0.717, 1.165) is 0 Å². The van der Waals surface area contributed by atoms with Crippen LogP contribution in [0.2, 0.25) is 0 Å². The van der Waals surface area contributed by atoms with Crippen LogP contribution in [0.15, 0.2) is 18.2 Å². The normalized spacial score (nSPS) is 10.8. The monoisotopic (exact) mass is 293 g/mol. The predicted molar refractivity (Wildman–Crippen MR) is 81.1 cm³/mol. The SMILES string of the molecule is CC(C)COC(=O)c1ccc(C(=O)OCC(C)C)c(N)c1. The molecule has 21 heavy (non-hydrogen) atoms. The molecule has 0 radical (unpaired) electrons. The lowest BCUT2D eigenvalue weighted by atomic mass is 10.1. The number of benzene rings is 1. The number of esters is 2. The summed E-state index contributed by atoms with van der Waals surface area (Å²) in [6.45, 7) is 8.48. The fourth-order valence-electron chi connectivity index (χ4n) is 1.52. The van der Waals surface area contributed by atoms with Crippen molar-refractivity contribution >= 4 is 17.6 Å². The van der Waals surface area contributed by atoms with Crippen molar-refractivity contribution in [2.45, 2.75) is 27.7 Å². The minimum Gasteiger partial charge on any atom is -0.462 e. The van der Waals surface area contributed by atoms with Gasteiger partial charge in [0.05, 0.1) is 24.3 Å². The van der Waals surface area contributed by atoms with Crippen molar-refractivity contribution in [3.05, 3.63) is 29.3 Å². The van der Waals surface area contributed by atoms with Gasteiger partial charge in [-0.3, -0.25) is 0 Å². The van der Waals surface area contributed by atoms with Crippen LogP contribution in [-0.4, -0.2) is 25.2 Å². The lowest BCUT2D eigenvalue weighted by Crippen LogP contribution is -2.14. The highest BCUT2D eigenvalue weighted by Crippen LogP contribution is 2.17. The maximum absolute atomic E-state index is 11.8. The van der Waals surface area contributed by atoms with Crippen molar-refractivity contribution in [1.29, 1.82) is 0 Å². The Morgan fingerprint density at radius 3 is 2.00 bits per heavy atom. The highest BCUT2D eigenvalue weighted by atomic mass is 16.5. The van der Waals surface area contributed by atoms with Crippen LogP contribution in [0, 0.1) is 11.8 Å². The van der Waals surface area contributed by atoms with Gasteiger partial charge in [0.25, 0.3) is 0 Å². The molecular weight excluding hydrogens is 270 g/mol. The molecule has 5 heteroatoms. The lowest BCUT2D eigenvalue weighted by molar-refractivity contribution is 0.0446. The Bertz CT molecular complexity index is 509. The molecule has 0 atom stereocenters. The van der Waals surface area contributed by atoms with E-state index in [9.17, 15) is 9.59 Å². The van der Waals surface area contributed by atoms with E-state index in [1.807, 2.05) is 27.7 Å². The molecule has 2 N–H and O–H groups in total. The molecule has 0 aliphatic heterocycles. The van der Waals surface area contributed by atoms with Gasteiger partial charge < -0.3 is 15.2 Å². The highest BCUT2D eigenvalue weighted by molar-refractivity contribution is 5.98. The number of hydrogen-bond acceptors (Lipinski definition) is 5. The summed E-state index contributed by atoms with van der Waals surface area (Å²) in [5, 5.41) is 0. The molecular formula is C16H23NO4. The van der Waals surface area contributed by atoms with E-state index >= 15 is 0 Å². The van der Waals surface area contributed by atoms with Gasteiger partial charge in [-0.05, 0) is 30.0 Å². The van der Waals surface area contributed by atoms with E-state index in [1.54, 1.807) is 0 Å². The summed E-state index contributed by atoms with van der Waals surface area (Å²) in [7, 11) is 0. The van der Waals surface area contributed by atoms with E-state index in [0.29, 0.717) is 18.8 Å². The molecule has 1 aromatic carbocycles. The van der Waals surface area contributed by atoms with Crippen LogP contribution in [0.3, 0.4) is 0 Å². The summed E-state index contributed by atoms with van der Waals surface area (Å²) in [4.78, 5) is 23.7. The van der Waals surface area contributed by atoms with Gasteiger partial charge in [0, 0.05) is 5.69 Å². The zero-order chi connectivity index (χ0) is 16.0. The largest absolute Gasteiger partial charge is 0.462 e. The molecule has 0 aliphatic carbocycles. The Kier molecular flexibility index (Phi) is 6.21. The number of nitrogen functional groups attached to an aromatic ring is 1. The molecule has 0 fully saturated rings. The fourth-order valence-corrected chi connectivity index (χ4v) is 1.52. The smallest absolute Gasteiger partial charge is 0.340 e. The second kappa shape index (κ2) is 7.67. The Balaban J connectivity index is 2.75. The molecule has 0 aliphatic rings. The van der Waals surface area contributed by atoms with E-state index in [1.165, 1.54) is 18.2 Å². The number of anilines is 1. The van der Waals surface area contributed by atoms with Gasteiger partial charge in [0.2, 0.25) is 0 Å². The van der Waals surface area contributed by atoms with E-state index in [-0.39, 0.29) is 23.1 Å². The van der Waals surface area contributed by atoms with Crippen LogP contribution in [0.1, 0.15) is 48.4 Å². The highest BCUT2D eigenvalue weighted by Gasteiger charge is 2.15. The third-order valence-corrected chi connectivity index (χ3v) is 2.60. The molecule has 0 saturated carbocycles. The van der Waals surface area contributed by atoms with E-state index in [2.05, 4.69) is 0 Å². The minimum atomic E-state index is -0.483. The van der Waals surface area contributed by atoms with Crippen LogP contribution < -0.4 is 5.73 Å². The Labute approximate surface area is 125 Å².